The second-order valence-corrected chi connectivity index (χ2v) is 10.7. The summed E-state index contributed by atoms with van der Waals surface area (Å²) in [6, 6.07) is 12.7. The van der Waals surface area contributed by atoms with Crippen LogP contribution in [-0.4, -0.2) is 44.8 Å². The number of amides is 1. The molecule has 2 aromatic carbocycles. The summed E-state index contributed by atoms with van der Waals surface area (Å²) in [5.41, 5.74) is 2.99. The van der Waals surface area contributed by atoms with Crippen LogP contribution < -0.4 is 10.2 Å². The fourth-order valence-corrected chi connectivity index (χ4v) is 5.81. The van der Waals surface area contributed by atoms with Gasteiger partial charge in [0.1, 0.15) is 0 Å². The van der Waals surface area contributed by atoms with Crippen molar-refractivity contribution in [2.24, 2.45) is 5.92 Å². The van der Waals surface area contributed by atoms with Crippen LogP contribution in [0.1, 0.15) is 48.5 Å². The van der Waals surface area contributed by atoms with Crippen molar-refractivity contribution in [1.29, 1.82) is 0 Å². The average Bonchev–Trinajstić information content (AvgIpc) is 3.29. The second-order valence-electron chi connectivity index (χ2n) is 8.76. The fourth-order valence-electron chi connectivity index (χ4n) is 4.31. The zero-order valence-corrected chi connectivity index (χ0v) is 19.1. The minimum Gasteiger partial charge on any atom is -0.372 e. The average molecular weight is 442 g/mol. The van der Waals surface area contributed by atoms with Gasteiger partial charge in [0.15, 0.2) is 0 Å². The highest BCUT2D eigenvalue weighted by Gasteiger charge is 2.29. The predicted molar refractivity (Wildman–Crippen MR) is 124 cm³/mol. The van der Waals surface area contributed by atoms with Gasteiger partial charge < -0.3 is 10.2 Å². The Hall–Kier alpha value is -2.38. The van der Waals surface area contributed by atoms with Crippen LogP contribution in [0, 0.1) is 12.8 Å². The van der Waals surface area contributed by atoms with Gasteiger partial charge in [-0.15, -0.1) is 0 Å². The SMILES string of the molecule is Cc1ccc(S(=O)(=O)N2CCC(C)CC2)cc1C(=O)Nc1ccc(N2CCCC2)cc1. The summed E-state index contributed by atoms with van der Waals surface area (Å²) in [5, 5.41) is 2.91. The summed E-state index contributed by atoms with van der Waals surface area (Å²) in [7, 11) is -3.60. The third kappa shape index (κ3) is 4.77. The molecule has 0 spiro atoms. The van der Waals surface area contributed by atoms with Gasteiger partial charge in [0.05, 0.1) is 4.90 Å². The van der Waals surface area contributed by atoms with Crippen molar-refractivity contribution in [3.05, 3.63) is 53.6 Å². The molecule has 2 heterocycles. The van der Waals surface area contributed by atoms with E-state index in [9.17, 15) is 13.2 Å². The number of sulfonamides is 1. The van der Waals surface area contributed by atoms with E-state index in [2.05, 4.69) is 17.1 Å². The minimum absolute atomic E-state index is 0.183. The smallest absolute Gasteiger partial charge is 0.255 e. The normalized spacial score (nSPS) is 18.3. The molecule has 1 N–H and O–H groups in total. The van der Waals surface area contributed by atoms with Gasteiger partial charge in [-0.1, -0.05) is 13.0 Å². The van der Waals surface area contributed by atoms with E-state index in [0.717, 1.165) is 37.2 Å². The highest BCUT2D eigenvalue weighted by atomic mass is 32.2. The summed E-state index contributed by atoms with van der Waals surface area (Å²) in [5.74, 6) is 0.249. The third-order valence-corrected chi connectivity index (χ3v) is 8.33. The molecule has 7 heteroatoms. The molecule has 2 fully saturated rings. The molecule has 2 saturated heterocycles. The van der Waals surface area contributed by atoms with Crippen molar-refractivity contribution in [2.75, 3.05) is 36.4 Å². The summed E-state index contributed by atoms with van der Waals surface area (Å²) < 4.78 is 27.7. The number of carbonyl (C=O) groups is 1. The molecule has 0 bridgehead atoms. The first-order valence-corrected chi connectivity index (χ1v) is 12.6. The quantitative estimate of drug-likeness (QED) is 0.752. The van der Waals surface area contributed by atoms with Gasteiger partial charge in [-0.2, -0.15) is 4.31 Å². The van der Waals surface area contributed by atoms with E-state index >= 15 is 0 Å². The highest BCUT2D eigenvalue weighted by Crippen LogP contribution is 2.26. The Labute approximate surface area is 185 Å². The minimum atomic E-state index is -3.60. The van der Waals surface area contributed by atoms with Crippen molar-refractivity contribution < 1.29 is 13.2 Å². The van der Waals surface area contributed by atoms with Crippen molar-refractivity contribution in [2.45, 2.75) is 44.4 Å². The molecule has 2 aliphatic rings. The van der Waals surface area contributed by atoms with Gasteiger partial charge >= 0.3 is 0 Å². The van der Waals surface area contributed by atoms with Gasteiger partial charge in [-0.3, -0.25) is 4.79 Å². The Bertz CT molecular complexity index is 1040. The maximum absolute atomic E-state index is 13.1. The summed E-state index contributed by atoms with van der Waals surface area (Å²) >= 11 is 0. The standard InChI is InChI=1S/C24H31N3O3S/c1-18-11-15-27(16-12-18)31(29,30)22-10-5-19(2)23(17-22)24(28)25-20-6-8-21(9-7-20)26-13-3-4-14-26/h5-10,17-18H,3-4,11-16H2,1-2H3,(H,25,28). The van der Waals surface area contributed by atoms with E-state index in [4.69, 9.17) is 0 Å². The number of aryl methyl sites for hydroxylation is 1. The number of anilines is 2. The van der Waals surface area contributed by atoms with Crippen molar-refractivity contribution >= 4 is 27.3 Å². The lowest BCUT2D eigenvalue weighted by Crippen LogP contribution is -2.38. The van der Waals surface area contributed by atoms with Crippen molar-refractivity contribution in [3.8, 4) is 0 Å². The first-order valence-electron chi connectivity index (χ1n) is 11.1. The van der Waals surface area contributed by atoms with Crippen LogP contribution in [0.25, 0.3) is 0 Å². The largest absolute Gasteiger partial charge is 0.372 e. The Kier molecular flexibility index (Phi) is 6.34. The molecule has 2 aliphatic heterocycles. The lowest BCUT2D eigenvalue weighted by atomic mass is 10.0. The predicted octanol–water partition coefficient (Wildman–Crippen LogP) is 4.27. The lowest BCUT2D eigenvalue weighted by molar-refractivity contribution is 0.102. The monoisotopic (exact) mass is 441 g/mol. The van der Waals surface area contributed by atoms with Crippen LogP contribution >= 0.6 is 0 Å². The molecule has 1 amide bonds. The number of carbonyl (C=O) groups excluding carboxylic acids is 1. The Morgan fingerprint density at radius 3 is 2.26 bits per heavy atom. The Balaban J connectivity index is 1.50. The highest BCUT2D eigenvalue weighted by molar-refractivity contribution is 7.89. The summed E-state index contributed by atoms with van der Waals surface area (Å²) in [6.45, 7) is 7.18. The molecule has 166 valence electrons. The van der Waals surface area contributed by atoms with Crippen LogP contribution in [0.3, 0.4) is 0 Å². The summed E-state index contributed by atoms with van der Waals surface area (Å²) in [4.78, 5) is 15.5. The van der Waals surface area contributed by atoms with E-state index in [-0.39, 0.29) is 10.8 Å². The van der Waals surface area contributed by atoms with Crippen molar-refractivity contribution in [3.63, 3.8) is 0 Å². The van der Waals surface area contributed by atoms with Gasteiger partial charge in [0.25, 0.3) is 5.91 Å². The Morgan fingerprint density at radius 2 is 1.61 bits per heavy atom. The number of benzene rings is 2. The molecule has 4 rings (SSSR count). The van der Waals surface area contributed by atoms with Crippen LogP contribution in [0.2, 0.25) is 0 Å². The third-order valence-electron chi connectivity index (χ3n) is 6.43. The first-order chi connectivity index (χ1) is 14.8. The van der Waals surface area contributed by atoms with Gasteiger partial charge in [0, 0.05) is 43.1 Å². The van der Waals surface area contributed by atoms with Crippen LogP contribution in [0.5, 0.6) is 0 Å². The molecule has 0 aromatic heterocycles. The molecule has 0 saturated carbocycles. The summed E-state index contributed by atoms with van der Waals surface area (Å²) in [6.07, 6.45) is 4.17. The van der Waals surface area contributed by atoms with E-state index in [1.807, 2.05) is 31.2 Å². The molecule has 31 heavy (non-hydrogen) atoms. The first kappa shape index (κ1) is 21.8. The maximum Gasteiger partial charge on any atom is 0.255 e. The van der Waals surface area contributed by atoms with E-state index < -0.39 is 10.0 Å². The number of rotatable bonds is 5. The van der Waals surface area contributed by atoms with Crippen molar-refractivity contribution in [1.82, 2.24) is 4.31 Å². The number of hydrogen-bond donors (Lipinski definition) is 1. The van der Waals surface area contributed by atoms with Gasteiger partial charge in [-0.05, 0) is 80.5 Å². The van der Waals surface area contributed by atoms with Crippen LogP contribution in [0.4, 0.5) is 11.4 Å². The van der Waals surface area contributed by atoms with Gasteiger partial charge in [0.2, 0.25) is 10.0 Å². The molecular weight excluding hydrogens is 410 g/mol. The zero-order chi connectivity index (χ0) is 22.0. The lowest BCUT2D eigenvalue weighted by Gasteiger charge is -2.29. The molecular formula is C24H31N3O3S. The number of nitrogens with one attached hydrogen (secondary N) is 1. The number of piperidine rings is 1. The van der Waals surface area contributed by atoms with Crippen LogP contribution in [-0.2, 0) is 10.0 Å². The van der Waals surface area contributed by atoms with Crippen LogP contribution in [0.15, 0.2) is 47.4 Å². The van der Waals surface area contributed by atoms with E-state index in [1.54, 1.807) is 12.1 Å². The molecule has 0 aliphatic carbocycles. The number of nitrogens with zero attached hydrogens (tertiary/aromatic N) is 2. The number of hydrogen-bond acceptors (Lipinski definition) is 4. The maximum atomic E-state index is 13.1. The van der Waals surface area contributed by atoms with Gasteiger partial charge in [-0.25, -0.2) is 8.42 Å². The molecule has 6 nitrogen and oxygen atoms in total. The van der Waals surface area contributed by atoms with E-state index in [0.29, 0.717) is 30.3 Å². The molecule has 0 radical (unpaired) electrons. The Morgan fingerprint density at radius 1 is 0.968 bits per heavy atom. The topological polar surface area (TPSA) is 69.7 Å². The molecule has 0 unspecified atom stereocenters. The molecule has 0 atom stereocenters. The second kappa shape index (κ2) is 9.01. The zero-order valence-electron chi connectivity index (χ0n) is 18.3. The van der Waals surface area contributed by atoms with E-state index in [1.165, 1.54) is 23.2 Å². The fraction of sp³-hybridized carbons (Fsp3) is 0.458. The molecule has 2 aromatic rings.